The minimum absolute atomic E-state index is 0.0386. The number of hydrogen-bond acceptors (Lipinski definition) is 3. The average Bonchev–Trinajstić information content (AvgIpc) is 2.36. The van der Waals surface area contributed by atoms with Gasteiger partial charge in [-0.1, -0.05) is 6.07 Å². The maximum absolute atomic E-state index is 11.1. The molecule has 0 saturated heterocycles. The highest BCUT2D eigenvalue weighted by Gasteiger charge is 2.34. The molecule has 0 bridgehead atoms. The number of hydrogen-bond donors (Lipinski definition) is 3. The van der Waals surface area contributed by atoms with Gasteiger partial charge in [-0.2, -0.15) is 0 Å². The number of carboxylic acids is 2. The van der Waals surface area contributed by atoms with E-state index in [1.165, 1.54) is 18.2 Å². The fourth-order valence-corrected chi connectivity index (χ4v) is 2.14. The van der Waals surface area contributed by atoms with Crippen LogP contribution in [-0.2, 0) is 17.8 Å². The molecule has 2 rings (SSSR count). The van der Waals surface area contributed by atoms with Gasteiger partial charge in [-0.3, -0.25) is 4.90 Å². The zero-order valence-electron chi connectivity index (χ0n) is 9.74. The lowest BCUT2D eigenvalue weighted by Crippen LogP contribution is -2.48. The van der Waals surface area contributed by atoms with Gasteiger partial charge in [-0.15, -0.1) is 0 Å². The molecular weight excluding hydrogens is 254 g/mol. The molecule has 1 heterocycles. The number of rotatable bonds is 2. The summed E-state index contributed by atoms with van der Waals surface area (Å²) in [7, 11) is 0. The predicted molar refractivity (Wildman–Crippen MR) is 62.1 cm³/mol. The SMILES string of the molecule is O=C(O)c1ccc2c(c1)CN(C(=O)O)[C@@H](C(=O)O)C2. The number of benzene rings is 1. The quantitative estimate of drug-likeness (QED) is 0.731. The molecular formula is C12H11NO6. The number of carboxylic acid groups (broad SMARTS) is 3. The lowest BCUT2D eigenvalue weighted by molar-refractivity contribution is -0.143. The monoisotopic (exact) mass is 265 g/mol. The van der Waals surface area contributed by atoms with Crippen LogP contribution in [0.25, 0.3) is 0 Å². The van der Waals surface area contributed by atoms with Crippen LogP contribution in [-0.4, -0.2) is 44.3 Å². The Hall–Kier alpha value is -2.57. The van der Waals surface area contributed by atoms with Gasteiger partial charge < -0.3 is 15.3 Å². The first-order valence-corrected chi connectivity index (χ1v) is 5.47. The molecule has 1 amide bonds. The second-order valence-electron chi connectivity index (χ2n) is 4.26. The summed E-state index contributed by atoms with van der Waals surface area (Å²) in [5.74, 6) is -2.32. The van der Waals surface area contributed by atoms with Gasteiger partial charge >= 0.3 is 18.0 Å². The lowest BCUT2D eigenvalue weighted by Gasteiger charge is -2.32. The highest BCUT2D eigenvalue weighted by atomic mass is 16.4. The second kappa shape index (κ2) is 4.60. The third-order valence-electron chi connectivity index (χ3n) is 3.11. The van der Waals surface area contributed by atoms with E-state index in [1.54, 1.807) is 0 Å². The molecule has 1 aromatic rings. The van der Waals surface area contributed by atoms with Crippen LogP contribution in [0.15, 0.2) is 18.2 Å². The molecule has 0 aliphatic carbocycles. The number of carbonyl (C=O) groups is 3. The molecule has 7 nitrogen and oxygen atoms in total. The van der Waals surface area contributed by atoms with E-state index in [1.807, 2.05) is 0 Å². The summed E-state index contributed by atoms with van der Waals surface area (Å²) in [6.45, 7) is -0.122. The zero-order chi connectivity index (χ0) is 14.2. The molecule has 0 saturated carbocycles. The topological polar surface area (TPSA) is 115 Å². The normalized spacial score (nSPS) is 17.7. The molecule has 1 aromatic carbocycles. The van der Waals surface area contributed by atoms with E-state index >= 15 is 0 Å². The molecule has 3 N–H and O–H groups in total. The highest BCUT2D eigenvalue weighted by molar-refractivity contribution is 5.88. The smallest absolute Gasteiger partial charge is 0.408 e. The number of aromatic carboxylic acids is 1. The fourth-order valence-electron chi connectivity index (χ4n) is 2.14. The van der Waals surface area contributed by atoms with E-state index in [-0.39, 0.29) is 18.5 Å². The zero-order valence-corrected chi connectivity index (χ0v) is 9.74. The van der Waals surface area contributed by atoms with Gasteiger partial charge in [-0.25, -0.2) is 14.4 Å². The summed E-state index contributed by atoms with van der Waals surface area (Å²) in [5.41, 5.74) is 1.24. The maximum Gasteiger partial charge on any atom is 0.408 e. The van der Waals surface area contributed by atoms with E-state index in [0.717, 1.165) is 4.90 Å². The largest absolute Gasteiger partial charge is 0.480 e. The standard InChI is InChI=1S/C12H11NO6/c14-10(15)7-2-1-6-4-9(11(16)17)13(12(18)19)5-8(6)3-7/h1-3,9H,4-5H2,(H,14,15)(H,16,17)(H,18,19)/t9-/m1/s1. The molecule has 1 atom stereocenters. The van der Waals surface area contributed by atoms with Gasteiger partial charge in [0.05, 0.1) is 12.1 Å². The number of aliphatic carboxylic acids is 1. The Bertz CT molecular complexity index is 567. The van der Waals surface area contributed by atoms with E-state index in [4.69, 9.17) is 15.3 Å². The second-order valence-corrected chi connectivity index (χ2v) is 4.26. The van der Waals surface area contributed by atoms with Crippen molar-refractivity contribution in [3.05, 3.63) is 34.9 Å². The highest BCUT2D eigenvalue weighted by Crippen LogP contribution is 2.24. The number of amides is 1. The Morgan fingerprint density at radius 1 is 1.11 bits per heavy atom. The van der Waals surface area contributed by atoms with E-state index < -0.39 is 24.1 Å². The van der Waals surface area contributed by atoms with Crippen molar-refractivity contribution in [1.82, 2.24) is 4.90 Å². The molecule has 0 unspecified atom stereocenters. The fraction of sp³-hybridized carbons (Fsp3) is 0.250. The summed E-state index contributed by atoms with van der Waals surface area (Å²) in [4.78, 5) is 33.8. The van der Waals surface area contributed by atoms with Crippen LogP contribution in [0.5, 0.6) is 0 Å². The minimum Gasteiger partial charge on any atom is -0.480 e. The third-order valence-corrected chi connectivity index (χ3v) is 3.11. The molecule has 100 valence electrons. The summed E-state index contributed by atoms with van der Waals surface area (Å²) < 4.78 is 0. The van der Waals surface area contributed by atoms with E-state index in [2.05, 4.69) is 0 Å². The van der Waals surface area contributed by atoms with Crippen molar-refractivity contribution in [1.29, 1.82) is 0 Å². The van der Waals surface area contributed by atoms with Crippen molar-refractivity contribution in [2.75, 3.05) is 0 Å². The van der Waals surface area contributed by atoms with E-state index in [0.29, 0.717) is 11.1 Å². The van der Waals surface area contributed by atoms with Gasteiger partial charge in [0.1, 0.15) is 6.04 Å². The first-order chi connectivity index (χ1) is 8.90. The molecule has 7 heteroatoms. The van der Waals surface area contributed by atoms with Gasteiger partial charge in [0.15, 0.2) is 0 Å². The number of fused-ring (bicyclic) bond motifs is 1. The van der Waals surface area contributed by atoms with Crippen LogP contribution in [0.4, 0.5) is 4.79 Å². The molecule has 1 aliphatic rings. The molecule has 0 aromatic heterocycles. The van der Waals surface area contributed by atoms with Crippen molar-refractivity contribution in [3.63, 3.8) is 0 Å². The average molecular weight is 265 g/mol. The van der Waals surface area contributed by atoms with Gasteiger partial charge in [0.2, 0.25) is 0 Å². The maximum atomic E-state index is 11.1. The van der Waals surface area contributed by atoms with Crippen LogP contribution in [0.2, 0.25) is 0 Å². The Labute approximate surface area is 107 Å². The third kappa shape index (κ3) is 2.35. The van der Waals surface area contributed by atoms with Crippen LogP contribution in [0, 0.1) is 0 Å². The van der Waals surface area contributed by atoms with Crippen molar-refractivity contribution in [2.24, 2.45) is 0 Å². The van der Waals surface area contributed by atoms with Crippen LogP contribution in [0.1, 0.15) is 21.5 Å². The summed E-state index contributed by atoms with van der Waals surface area (Å²) in [5, 5.41) is 26.9. The van der Waals surface area contributed by atoms with Gasteiger partial charge in [0.25, 0.3) is 0 Å². The predicted octanol–water partition coefficient (Wildman–Crippen LogP) is 0.874. The van der Waals surface area contributed by atoms with Crippen LogP contribution < -0.4 is 0 Å². The first kappa shape index (κ1) is 12.9. The van der Waals surface area contributed by atoms with Crippen molar-refractivity contribution < 1.29 is 29.7 Å². The molecule has 0 spiro atoms. The van der Waals surface area contributed by atoms with Crippen LogP contribution >= 0.6 is 0 Å². The lowest BCUT2D eigenvalue weighted by atomic mass is 9.93. The molecule has 0 fully saturated rings. The minimum atomic E-state index is -1.33. The van der Waals surface area contributed by atoms with Crippen molar-refractivity contribution in [3.8, 4) is 0 Å². The Morgan fingerprint density at radius 3 is 2.32 bits per heavy atom. The Morgan fingerprint density at radius 2 is 1.79 bits per heavy atom. The first-order valence-electron chi connectivity index (χ1n) is 5.47. The van der Waals surface area contributed by atoms with E-state index in [9.17, 15) is 14.4 Å². The van der Waals surface area contributed by atoms with Crippen molar-refractivity contribution in [2.45, 2.75) is 19.0 Å². The van der Waals surface area contributed by atoms with Crippen LogP contribution in [0.3, 0.4) is 0 Å². The summed E-state index contributed by atoms with van der Waals surface area (Å²) in [6, 6.07) is 3.16. The molecule has 1 aliphatic heterocycles. The molecule has 19 heavy (non-hydrogen) atoms. The Kier molecular flexibility index (Phi) is 3.12. The molecule has 0 radical (unpaired) electrons. The Balaban J connectivity index is 2.41. The van der Waals surface area contributed by atoms with Crippen molar-refractivity contribution >= 4 is 18.0 Å². The van der Waals surface area contributed by atoms with Gasteiger partial charge in [-0.05, 0) is 23.3 Å². The summed E-state index contributed by atoms with van der Waals surface area (Å²) in [6.07, 6.45) is -1.30. The van der Waals surface area contributed by atoms with Gasteiger partial charge in [0, 0.05) is 6.42 Å². The summed E-state index contributed by atoms with van der Waals surface area (Å²) >= 11 is 0. The number of nitrogens with zero attached hydrogens (tertiary/aromatic N) is 1.